The molecule has 2 aliphatic rings. The van der Waals surface area contributed by atoms with Gasteiger partial charge in [-0.3, -0.25) is 9.30 Å². The molecule has 1 fully saturated rings. The number of rotatable bonds is 3. The third-order valence-corrected chi connectivity index (χ3v) is 4.92. The Bertz CT molecular complexity index is 905. The Morgan fingerprint density at radius 1 is 1.04 bits per heavy atom. The van der Waals surface area contributed by atoms with Crippen molar-refractivity contribution in [2.45, 2.75) is 6.10 Å². The molecule has 134 valence electrons. The first-order valence-electron chi connectivity index (χ1n) is 8.87. The van der Waals surface area contributed by atoms with Crippen molar-refractivity contribution in [2.75, 3.05) is 44.2 Å². The van der Waals surface area contributed by atoms with Crippen LogP contribution in [-0.2, 0) is 0 Å². The van der Waals surface area contributed by atoms with Crippen LogP contribution in [0.5, 0.6) is 11.5 Å². The standard InChI is InChI=1S/C18H20N6O2/c1-2-4-16-15(3-1)25-12-14(26-16)11-22-7-9-23(10-8-22)17-5-6-19-18-21-20-13-24(17)18/h1-6,13-14H,7-12H2/t14-/m1/s1. The number of nitrogens with zero attached hydrogens (tertiary/aromatic N) is 6. The highest BCUT2D eigenvalue weighted by molar-refractivity contribution is 5.46. The van der Waals surface area contributed by atoms with Crippen molar-refractivity contribution in [3.63, 3.8) is 0 Å². The molecule has 2 aliphatic heterocycles. The molecule has 2 aromatic heterocycles. The summed E-state index contributed by atoms with van der Waals surface area (Å²) in [6, 6.07) is 9.87. The normalized spacial score (nSPS) is 20.5. The highest BCUT2D eigenvalue weighted by atomic mass is 16.6. The van der Waals surface area contributed by atoms with Crippen LogP contribution in [0.1, 0.15) is 0 Å². The van der Waals surface area contributed by atoms with Crippen molar-refractivity contribution in [1.29, 1.82) is 0 Å². The minimum absolute atomic E-state index is 0.0712. The molecule has 8 nitrogen and oxygen atoms in total. The maximum Gasteiger partial charge on any atom is 0.256 e. The first kappa shape index (κ1) is 15.4. The summed E-state index contributed by atoms with van der Waals surface area (Å²) < 4.78 is 13.8. The minimum Gasteiger partial charge on any atom is -0.486 e. The molecule has 0 saturated carbocycles. The van der Waals surface area contributed by atoms with E-state index < -0.39 is 0 Å². The molecule has 3 aromatic rings. The molecule has 1 aromatic carbocycles. The van der Waals surface area contributed by atoms with Gasteiger partial charge in [0.05, 0.1) is 0 Å². The third kappa shape index (κ3) is 2.82. The smallest absolute Gasteiger partial charge is 0.256 e. The molecule has 0 unspecified atom stereocenters. The number of para-hydroxylation sites is 2. The lowest BCUT2D eigenvalue weighted by atomic mass is 10.2. The van der Waals surface area contributed by atoms with E-state index in [9.17, 15) is 0 Å². The number of ether oxygens (including phenoxy) is 2. The summed E-state index contributed by atoms with van der Waals surface area (Å²) in [4.78, 5) is 9.01. The number of anilines is 1. The molecule has 1 saturated heterocycles. The fourth-order valence-corrected chi connectivity index (χ4v) is 3.59. The summed E-state index contributed by atoms with van der Waals surface area (Å²) in [5.74, 6) is 3.40. The predicted molar refractivity (Wildman–Crippen MR) is 95.8 cm³/mol. The lowest BCUT2D eigenvalue weighted by Gasteiger charge is -2.38. The van der Waals surface area contributed by atoms with E-state index in [4.69, 9.17) is 9.47 Å². The third-order valence-electron chi connectivity index (χ3n) is 4.92. The zero-order chi connectivity index (χ0) is 17.3. The van der Waals surface area contributed by atoms with Gasteiger partial charge in [-0.1, -0.05) is 12.1 Å². The topological polar surface area (TPSA) is 68.0 Å². The lowest BCUT2D eigenvalue weighted by molar-refractivity contribution is 0.0571. The van der Waals surface area contributed by atoms with Crippen LogP contribution in [0.3, 0.4) is 0 Å². The number of hydrogen-bond donors (Lipinski definition) is 0. The number of fused-ring (bicyclic) bond motifs is 2. The van der Waals surface area contributed by atoms with Crippen LogP contribution >= 0.6 is 0 Å². The SMILES string of the molecule is c1ccc2c(c1)OC[C@@H](CN1CCN(c3ccnc4nncn34)CC1)O2. The first-order chi connectivity index (χ1) is 12.9. The number of benzene rings is 1. The second-order valence-electron chi connectivity index (χ2n) is 6.59. The maximum absolute atomic E-state index is 6.08. The molecule has 0 bridgehead atoms. The van der Waals surface area contributed by atoms with Crippen molar-refractivity contribution in [2.24, 2.45) is 0 Å². The largest absolute Gasteiger partial charge is 0.486 e. The molecule has 1 atom stereocenters. The van der Waals surface area contributed by atoms with Gasteiger partial charge in [-0.25, -0.2) is 4.98 Å². The summed E-state index contributed by atoms with van der Waals surface area (Å²) in [5, 5.41) is 7.97. The Kier molecular flexibility index (Phi) is 3.82. The molecule has 26 heavy (non-hydrogen) atoms. The van der Waals surface area contributed by atoms with Crippen molar-refractivity contribution in [3.05, 3.63) is 42.9 Å². The molecule has 0 amide bonds. The first-order valence-corrected chi connectivity index (χ1v) is 8.87. The van der Waals surface area contributed by atoms with E-state index in [0.29, 0.717) is 12.4 Å². The van der Waals surface area contributed by atoms with E-state index in [1.807, 2.05) is 34.7 Å². The summed E-state index contributed by atoms with van der Waals surface area (Å²) in [6.45, 7) is 5.33. The highest BCUT2D eigenvalue weighted by Crippen LogP contribution is 2.31. The van der Waals surface area contributed by atoms with E-state index >= 15 is 0 Å². The zero-order valence-electron chi connectivity index (χ0n) is 14.4. The second kappa shape index (κ2) is 6.45. The van der Waals surface area contributed by atoms with Crippen LogP contribution in [0.15, 0.2) is 42.9 Å². The van der Waals surface area contributed by atoms with Crippen LogP contribution in [0.4, 0.5) is 5.82 Å². The van der Waals surface area contributed by atoms with Gasteiger partial charge in [0.15, 0.2) is 11.5 Å². The van der Waals surface area contributed by atoms with Crippen molar-refractivity contribution in [1.82, 2.24) is 24.5 Å². The van der Waals surface area contributed by atoms with E-state index in [2.05, 4.69) is 25.0 Å². The quantitative estimate of drug-likeness (QED) is 0.699. The second-order valence-corrected chi connectivity index (χ2v) is 6.59. The monoisotopic (exact) mass is 352 g/mol. The Morgan fingerprint density at radius 2 is 1.88 bits per heavy atom. The highest BCUT2D eigenvalue weighted by Gasteiger charge is 2.26. The van der Waals surface area contributed by atoms with Gasteiger partial charge >= 0.3 is 0 Å². The molecule has 4 heterocycles. The van der Waals surface area contributed by atoms with Crippen LogP contribution in [0.2, 0.25) is 0 Å². The van der Waals surface area contributed by atoms with Gasteiger partial charge in [0.1, 0.15) is 24.9 Å². The lowest BCUT2D eigenvalue weighted by Crippen LogP contribution is -2.51. The summed E-state index contributed by atoms with van der Waals surface area (Å²) in [7, 11) is 0. The fraction of sp³-hybridized carbons (Fsp3) is 0.389. The van der Waals surface area contributed by atoms with Crippen molar-refractivity contribution >= 4 is 11.6 Å². The van der Waals surface area contributed by atoms with Crippen molar-refractivity contribution in [3.8, 4) is 11.5 Å². The average molecular weight is 352 g/mol. The van der Waals surface area contributed by atoms with Gasteiger partial charge in [0.25, 0.3) is 5.78 Å². The molecule has 5 rings (SSSR count). The van der Waals surface area contributed by atoms with Gasteiger partial charge in [-0.15, -0.1) is 10.2 Å². The average Bonchev–Trinajstić information content (AvgIpc) is 3.17. The Balaban J connectivity index is 1.21. The van der Waals surface area contributed by atoms with Gasteiger partial charge in [0.2, 0.25) is 0 Å². The Labute approximate surface area is 151 Å². The van der Waals surface area contributed by atoms with Crippen LogP contribution in [0.25, 0.3) is 5.78 Å². The molecular formula is C18H20N6O2. The van der Waals surface area contributed by atoms with Crippen LogP contribution < -0.4 is 14.4 Å². The van der Waals surface area contributed by atoms with Gasteiger partial charge in [0, 0.05) is 38.9 Å². The number of piperazine rings is 1. The molecular weight excluding hydrogens is 332 g/mol. The molecule has 8 heteroatoms. The van der Waals surface area contributed by atoms with Gasteiger partial charge < -0.3 is 14.4 Å². The predicted octanol–water partition coefficient (Wildman–Crippen LogP) is 1.09. The fourth-order valence-electron chi connectivity index (χ4n) is 3.59. The molecule has 0 spiro atoms. The Hall–Kier alpha value is -2.87. The van der Waals surface area contributed by atoms with Crippen molar-refractivity contribution < 1.29 is 9.47 Å². The van der Waals surface area contributed by atoms with Crippen LogP contribution in [0, 0.1) is 0 Å². The number of hydrogen-bond acceptors (Lipinski definition) is 7. The maximum atomic E-state index is 6.08. The summed E-state index contributed by atoms with van der Waals surface area (Å²) >= 11 is 0. The Morgan fingerprint density at radius 3 is 2.77 bits per heavy atom. The molecule has 0 N–H and O–H groups in total. The zero-order valence-corrected chi connectivity index (χ0v) is 14.4. The van der Waals surface area contributed by atoms with E-state index in [1.165, 1.54) is 0 Å². The number of aromatic nitrogens is 4. The van der Waals surface area contributed by atoms with Gasteiger partial charge in [-0.05, 0) is 18.2 Å². The van der Waals surface area contributed by atoms with E-state index in [0.717, 1.165) is 50.0 Å². The minimum atomic E-state index is 0.0712. The molecule has 0 radical (unpaired) electrons. The van der Waals surface area contributed by atoms with Gasteiger partial charge in [-0.2, -0.15) is 0 Å². The summed E-state index contributed by atoms with van der Waals surface area (Å²) in [5.41, 5.74) is 0. The van der Waals surface area contributed by atoms with E-state index in [-0.39, 0.29) is 6.10 Å². The van der Waals surface area contributed by atoms with E-state index in [1.54, 1.807) is 12.5 Å². The van der Waals surface area contributed by atoms with Crippen LogP contribution in [-0.4, -0.2) is 69.9 Å². The summed E-state index contributed by atoms with van der Waals surface area (Å²) in [6.07, 6.45) is 3.58. The molecule has 0 aliphatic carbocycles.